The van der Waals surface area contributed by atoms with E-state index in [2.05, 4.69) is 31.2 Å². The van der Waals surface area contributed by atoms with Gasteiger partial charge in [0, 0.05) is 5.39 Å². The summed E-state index contributed by atoms with van der Waals surface area (Å²) in [5.41, 5.74) is 6.73. The van der Waals surface area contributed by atoms with Gasteiger partial charge in [-0.2, -0.15) is 0 Å². The lowest BCUT2D eigenvalue weighted by Gasteiger charge is -2.10. The third kappa shape index (κ3) is 2.17. The number of hydrogen-bond donors (Lipinski definition) is 1. The fraction of sp³-hybridized carbons (Fsp3) is 0.286. The van der Waals surface area contributed by atoms with Crippen LogP contribution in [-0.2, 0) is 0 Å². The van der Waals surface area contributed by atoms with E-state index in [9.17, 15) is 0 Å². The van der Waals surface area contributed by atoms with Gasteiger partial charge in [-0.15, -0.1) is 0 Å². The van der Waals surface area contributed by atoms with Crippen molar-refractivity contribution in [1.82, 2.24) is 0 Å². The van der Waals surface area contributed by atoms with Gasteiger partial charge < -0.3 is 10.5 Å². The van der Waals surface area contributed by atoms with Crippen molar-refractivity contribution in [2.24, 2.45) is 5.73 Å². The van der Waals surface area contributed by atoms with E-state index in [1.807, 2.05) is 12.1 Å². The molecule has 0 radical (unpaired) electrons. The minimum Gasteiger partial charge on any atom is -0.493 e. The summed E-state index contributed by atoms with van der Waals surface area (Å²) in [5, 5.41) is 2.44. The quantitative estimate of drug-likeness (QED) is 0.796. The molecule has 16 heavy (non-hydrogen) atoms. The lowest BCUT2D eigenvalue weighted by Crippen LogP contribution is -2.06. The number of fused-ring (bicyclic) bond motifs is 1. The highest BCUT2D eigenvalue weighted by atomic mass is 16.5. The Morgan fingerprint density at radius 3 is 2.56 bits per heavy atom. The molecule has 2 heteroatoms. The van der Waals surface area contributed by atoms with Gasteiger partial charge in [0.25, 0.3) is 0 Å². The molecular weight excluding hydrogens is 198 g/mol. The van der Waals surface area contributed by atoms with Crippen LogP contribution in [0.3, 0.4) is 0 Å². The van der Waals surface area contributed by atoms with Gasteiger partial charge in [-0.1, -0.05) is 30.3 Å². The molecule has 0 saturated heterocycles. The van der Waals surface area contributed by atoms with Crippen LogP contribution in [0.4, 0.5) is 0 Å². The molecule has 0 heterocycles. The first-order valence-electron chi connectivity index (χ1n) is 5.64. The van der Waals surface area contributed by atoms with Crippen LogP contribution in [0, 0.1) is 6.92 Å². The number of rotatable bonds is 4. The molecule has 0 aliphatic carbocycles. The van der Waals surface area contributed by atoms with Crippen molar-refractivity contribution in [2.75, 3.05) is 13.2 Å². The maximum atomic E-state index is 5.73. The predicted molar refractivity (Wildman–Crippen MR) is 67.9 cm³/mol. The molecule has 2 N–H and O–H groups in total. The third-order valence-electron chi connectivity index (χ3n) is 2.71. The minimum atomic E-state index is 0.670. The molecule has 0 atom stereocenters. The topological polar surface area (TPSA) is 35.2 Å². The van der Waals surface area contributed by atoms with Gasteiger partial charge in [0.15, 0.2) is 0 Å². The van der Waals surface area contributed by atoms with E-state index in [0.717, 1.165) is 12.2 Å². The molecule has 0 bridgehead atoms. The first-order valence-corrected chi connectivity index (χ1v) is 5.64. The van der Waals surface area contributed by atoms with Crippen molar-refractivity contribution < 1.29 is 4.74 Å². The van der Waals surface area contributed by atoms with Crippen LogP contribution in [0.25, 0.3) is 10.8 Å². The van der Waals surface area contributed by atoms with E-state index < -0.39 is 0 Å². The summed E-state index contributed by atoms with van der Waals surface area (Å²) in [6.07, 6.45) is 0.891. The standard InChI is InChI=1S/C14H17NO/c1-11-7-8-14(16-10-4-9-15)13-6-3-2-5-12(11)13/h2-3,5-8H,4,9-10,15H2,1H3. The Labute approximate surface area is 96.0 Å². The average Bonchev–Trinajstić information content (AvgIpc) is 2.33. The normalized spacial score (nSPS) is 10.6. The maximum absolute atomic E-state index is 5.73. The molecule has 2 aromatic rings. The van der Waals surface area contributed by atoms with Gasteiger partial charge in [0.1, 0.15) is 5.75 Å². The van der Waals surface area contributed by atoms with Gasteiger partial charge in [-0.3, -0.25) is 0 Å². The van der Waals surface area contributed by atoms with E-state index in [0.29, 0.717) is 13.2 Å². The average molecular weight is 215 g/mol. The van der Waals surface area contributed by atoms with Crippen LogP contribution in [0.2, 0.25) is 0 Å². The SMILES string of the molecule is Cc1ccc(OCCCN)c2ccccc12. The number of hydrogen-bond acceptors (Lipinski definition) is 2. The molecule has 2 rings (SSSR count). The van der Waals surface area contributed by atoms with E-state index >= 15 is 0 Å². The summed E-state index contributed by atoms with van der Waals surface area (Å²) in [7, 11) is 0. The largest absolute Gasteiger partial charge is 0.493 e. The Kier molecular flexibility index (Phi) is 3.42. The van der Waals surface area contributed by atoms with Gasteiger partial charge in [0.05, 0.1) is 6.61 Å². The second-order valence-corrected chi connectivity index (χ2v) is 3.92. The van der Waals surface area contributed by atoms with Gasteiger partial charge >= 0.3 is 0 Å². The van der Waals surface area contributed by atoms with Gasteiger partial charge in [-0.25, -0.2) is 0 Å². The summed E-state index contributed by atoms with van der Waals surface area (Å²) in [5.74, 6) is 0.953. The molecule has 0 aliphatic heterocycles. The van der Waals surface area contributed by atoms with Crippen LogP contribution >= 0.6 is 0 Å². The number of aryl methyl sites for hydroxylation is 1. The van der Waals surface area contributed by atoms with Gasteiger partial charge in [0.2, 0.25) is 0 Å². The highest BCUT2D eigenvalue weighted by Gasteiger charge is 2.03. The summed E-state index contributed by atoms with van der Waals surface area (Å²) < 4.78 is 5.73. The Morgan fingerprint density at radius 1 is 1.06 bits per heavy atom. The molecule has 84 valence electrons. The third-order valence-corrected chi connectivity index (χ3v) is 2.71. The lowest BCUT2D eigenvalue weighted by atomic mass is 10.1. The number of nitrogens with two attached hydrogens (primary N) is 1. The van der Waals surface area contributed by atoms with Crippen LogP contribution in [0.5, 0.6) is 5.75 Å². The molecule has 0 aliphatic rings. The molecule has 0 fully saturated rings. The van der Waals surface area contributed by atoms with Crippen molar-refractivity contribution in [3.63, 3.8) is 0 Å². The van der Waals surface area contributed by atoms with Crippen LogP contribution < -0.4 is 10.5 Å². The summed E-state index contributed by atoms with van der Waals surface area (Å²) in [6, 6.07) is 12.4. The number of ether oxygens (including phenoxy) is 1. The Balaban J connectivity index is 2.35. The molecule has 0 amide bonds. The first kappa shape index (κ1) is 11.0. The van der Waals surface area contributed by atoms with Gasteiger partial charge in [-0.05, 0) is 36.9 Å². The van der Waals surface area contributed by atoms with Crippen molar-refractivity contribution in [2.45, 2.75) is 13.3 Å². The van der Waals surface area contributed by atoms with Crippen molar-refractivity contribution in [3.8, 4) is 5.75 Å². The second-order valence-electron chi connectivity index (χ2n) is 3.92. The van der Waals surface area contributed by atoms with Crippen LogP contribution in [0.1, 0.15) is 12.0 Å². The first-order chi connectivity index (χ1) is 7.83. The zero-order chi connectivity index (χ0) is 11.4. The van der Waals surface area contributed by atoms with E-state index in [1.165, 1.54) is 16.3 Å². The summed E-state index contributed by atoms with van der Waals surface area (Å²) in [6.45, 7) is 3.47. The molecule has 0 saturated carbocycles. The Hall–Kier alpha value is -1.54. The highest BCUT2D eigenvalue weighted by molar-refractivity contribution is 5.90. The van der Waals surface area contributed by atoms with Crippen LogP contribution in [-0.4, -0.2) is 13.2 Å². The van der Waals surface area contributed by atoms with Crippen molar-refractivity contribution in [1.29, 1.82) is 0 Å². The highest BCUT2D eigenvalue weighted by Crippen LogP contribution is 2.28. The zero-order valence-electron chi connectivity index (χ0n) is 9.57. The van der Waals surface area contributed by atoms with Crippen LogP contribution in [0.15, 0.2) is 36.4 Å². The molecule has 0 unspecified atom stereocenters. The second kappa shape index (κ2) is 4.99. The van der Waals surface area contributed by atoms with Crippen molar-refractivity contribution in [3.05, 3.63) is 42.0 Å². The number of benzene rings is 2. The fourth-order valence-electron chi connectivity index (χ4n) is 1.81. The zero-order valence-corrected chi connectivity index (χ0v) is 9.57. The molecular formula is C14H17NO. The minimum absolute atomic E-state index is 0.670. The Bertz CT molecular complexity index is 479. The summed E-state index contributed by atoms with van der Waals surface area (Å²) >= 11 is 0. The smallest absolute Gasteiger partial charge is 0.127 e. The van der Waals surface area contributed by atoms with E-state index in [-0.39, 0.29) is 0 Å². The monoisotopic (exact) mass is 215 g/mol. The Morgan fingerprint density at radius 2 is 1.81 bits per heavy atom. The summed E-state index contributed by atoms with van der Waals surface area (Å²) in [4.78, 5) is 0. The van der Waals surface area contributed by atoms with E-state index in [4.69, 9.17) is 10.5 Å². The molecule has 2 nitrogen and oxygen atoms in total. The molecule has 2 aromatic carbocycles. The van der Waals surface area contributed by atoms with Crippen molar-refractivity contribution >= 4 is 10.8 Å². The fourth-order valence-corrected chi connectivity index (χ4v) is 1.81. The lowest BCUT2D eigenvalue weighted by molar-refractivity contribution is 0.317. The maximum Gasteiger partial charge on any atom is 0.127 e. The predicted octanol–water partition coefficient (Wildman–Crippen LogP) is 2.88. The van der Waals surface area contributed by atoms with E-state index in [1.54, 1.807) is 0 Å². The molecule has 0 aromatic heterocycles. The molecule has 0 spiro atoms.